The summed E-state index contributed by atoms with van der Waals surface area (Å²) in [5.41, 5.74) is 1.45. The standard InChI is InChI=1S/C21H28N4O2.ClH/c1-4-10-25-17-7-5-6-13(2)18(17)20(26)19(23-25)21(27)22-14-11-15-8-9-16(12-14)24(15)3;/h5-7,14-16H,4,8-12H2,1-3H3,(H,22,27);1H/t14?,15-,16+;. The Kier molecular flexibility index (Phi) is 6.10. The number of carbonyl (C=O) groups excluding carboxylic acids is 1. The number of halogens is 1. The third-order valence-corrected chi connectivity index (χ3v) is 6.28. The van der Waals surface area contributed by atoms with Gasteiger partial charge in [0.15, 0.2) is 5.69 Å². The molecule has 2 fully saturated rings. The Hall–Kier alpha value is -1.92. The predicted molar refractivity (Wildman–Crippen MR) is 113 cm³/mol. The van der Waals surface area contributed by atoms with Gasteiger partial charge in [-0.2, -0.15) is 5.10 Å². The van der Waals surface area contributed by atoms with Gasteiger partial charge in [-0.1, -0.05) is 19.1 Å². The van der Waals surface area contributed by atoms with E-state index in [1.165, 1.54) is 12.8 Å². The van der Waals surface area contributed by atoms with Crippen molar-refractivity contribution in [2.45, 2.75) is 70.6 Å². The van der Waals surface area contributed by atoms with Crippen molar-refractivity contribution in [1.29, 1.82) is 0 Å². The Morgan fingerprint density at radius 3 is 2.57 bits per heavy atom. The molecular weight excluding hydrogens is 376 g/mol. The molecule has 152 valence electrons. The summed E-state index contributed by atoms with van der Waals surface area (Å²) < 4.78 is 1.80. The number of piperidine rings is 1. The number of amides is 1. The first-order valence-electron chi connectivity index (χ1n) is 10.0. The molecule has 4 rings (SSSR count). The van der Waals surface area contributed by atoms with Gasteiger partial charge < -0.3 is 10.2 Å². The second-order valence-corrected chi connectivity index (χ2v) is 8.06. The lowest BCUT2D eigenvalue weighted by molar-refractivity contribution is 0.0874. The van der Waals surface area contributed by atoms with Crippen LogP contribution in [0.2, 0.25) is 0 Å². The second kappa shape index (κ2) is 8.21. The summed E-state index contributed by atoms with van der Waals surface area (Å²) in [6.07, 6.45) is 5.19. The van der Waals surface area contributed by atoms with Crippen LogP contribution < -0.4 is 10.7 Å². The molecule has 2 saturated heterocycles. The number of nitrogens with one attached hydrogen (secondary N) is 1. The second-order valence-electron chi connectivity index (χ2n) is 8.06. The van der Waals surface area contributed by atoms with E-state index in [9.17, 15) is 9.59 Å². The van der Waals surface area contributed by atoms with Crippen LogP contribution in [0.1, 0.15) is 55.1 Å². The summed E-state index contributed by atoms with van der Waals surface area (Å²) in [5, 5.41) is 8.16. The van der Waals surface area contributed by atoms with E-state index >= 15 is 0 Å². The molecule has 0 aliphatic carbocycles. The predicted octanol–water partition coefficient (Wildman–Crippen LogP) is 2.89. The van der Waals surface area contributed by atoms with Crippen LogP contribution in [0.5, 0.6) is 0 Å². The highest BCUT2D eigenvalue weighted by Gasteiger charge is 2.39. The molecular formula is C21H29ClN4O2. The molecule has 2 aliphatic rings. The van der Waals surface area contributed by atoms with Crippen LogP contribution in [-0.2, 0) is 6.54 Å². The molecule has 2 aliphatic heterocycles. The van der Waals surface area contributed by atoms with E-state index in [1.54, 1.807) is 4.68 Å². The van der Waals surface area contributed by atoms with Crippen molar-refractivity contribution in [3.63, 3.8) is 0 Å². The van der Waals surface area contributed by atoms with Crippen molar-refractivity contribution in [3.8, 4) is 0 Å². The van der Waals surface area contributed by atoms with Gasteiger partial charge in [0.25, 0.3) is 5.91 Å². The maximum Gasteiger partial charge on any atom is 0.276 e. The maximum atomic E-state index is 13.0. The van der Waals surface area contributed by atoms with Crippen molar-refractivity contribution in [2.24, 2.45) is 0 Å². The fraction of sp³-hybridized carbons (Fsp3) is 0.571. The van der Waals surface area contributed by atoms with Crippen LogP contribution in [0.15, 0.2) is 23.0 Å². The van der Waals surface area contributed by atoms with Gasteiger partial charge in [0.1, 0.15) is 0 Å². The van der Waals surface area contributed by atoms with E-state index in [0.29, 0.717) is 24.0 Å². The zero-order chi connectivity index (χ0) is 19.1. The third kappa shape index (κ3) is 3.55. The minimum absolute atomic E-state index is 0. The van der Waals surface area contributed by atoms with Crippen molar-refractivity contribution in [2.75, 3.05) is 7.05 Å². The zero-order valence-corrected chi connectivity index (χ0v) is 17.6. The lowest BCUT2D eigenvalue weighted by Gasteiger charge is -2.36. The van der Waals surface area contributed by atoms with Gasteiger partial charge in [0.2, 0.25) is 5.43 Å². The number of aryl methyl sites for hydroxylation is 2. The molecule has 1 unspecified atom stereocenters. The Bertz CT molecular complexity index is 928. The summed E-state index contributed by atoms with van der Waals surface area (Å²) in [7, 11) is 2.18. The van der Waals surface area contributed by atoms with Crippen molar-refractivity contribution < 1.29 is 4.79 Å². The van der Waals surface area contributed by atoms with E-state index in [4.69, 9.17) is 0 Å². The first-order valence-corrected chi connectivity index (χ1v) is 10.0. The Balaban J connectivity index is 0.00000225. The Morgan fingerprint density at radius 1 is 1.25 bits per heavy atom. The minimum Gasteiger partial charge on any atom is -0.348 e. The largest absolute Gasteiger partial charge is 0.348 e. The number of hydrogen-bond donors (Lipinski definition) is 1. The highest BCUT2D eigenvalue weighted by Crippen LogP contribution is 2.34. The van der Waals surface area contributed by atoms with Crippen molar-refractivity contribution >= 4 is 29.2 Å². The molecule has 28 heavy (non-hydrogen) atoms. The van der Waals surface area contributed by atoms with Crippen molar-refractivity contribution in [1.82, 2.24) is 20.0 Å². The molecule has 1 amide bonds. The minimum atomic E-state index is -0.330. The molecule has 1 aromatic heterocycles. The zero-order valence-electron chi connectivity index (χ0n) is 16.8. The van der Waals surface area contributed by atoms with Crippen LogP contribution in [-0.4, -0.2) is 45.8 Å². The molecule has 0 radical (unpaired) electrons. The third-order valence-electron chi connectivity index (χ3n) is 6.28. The fourth-order valence-corrected chi connectivity index (χ4v) is 4.82. The highest BCUT2D eigenvalue weighted by molar-refractivity contribution is 5.96. The maximum absolute atomic E-state index is 13.0. The van der Waals surface area contributed by atoms with Crippen LogP contribution in [0.4, 0.5) is 0 Å². The smallest absolute Gasteiger partial charge is 0.276 e. The molecule has 6 nitrogen and oxygen atoms in total. The quantitative estimate of drug-likeness (QED) is 0.850. The highest BCUT2D eigenvalue weighted by atomic mass is 35.5. The van der Waals surface area contributed by atoms with Gasteiger partial charge in [-0.25, -0.2) is 0 Å². The van der Waals surface area contributed by atoms with E-state index in [-0.39, 0.29) is 35.5 Å². The molecule has 0 saturated carbocycles. The molecule has 2 aromatic rings. The summed E-state index contributed by atoms with van der Waals surface area (Å²) in [6.45, 7) is 4.66. The fourth-order valence-electron chi connectivity index (χ4n) is 4.82. The Labute approximate surface area is 171 Å². The van der Waals surface area contributed by atoms with E-state index in [0.717, 1.165) is 30.3 Å². The number of aromatic nitrogens is 2. The molecule has 1 N–H and O–H groups in total. The Morgan fingerprint density at radius 2 is 1.93 bits per heavy atom. The summed E-state index contributed by atoms with van der Waals surface area (Å²) >= 11 is 0. The first-order chi connectivity index (χ1) is 13.0. The van der Waals surface area contributed by atoms with Gasteiger partial charge in [-0.05, 0) is 57.7 Å². The van der Waals surface area contributed by atoms with Crippen LogP contribution in [0.3, 0.4) is 0 Å². The monoisotopic (exact) mass is 404 g/mol. The summed E-state index contributed by atoms with van der Waals surface area (Å²) in [5.74, 6) is -0.330. The number of carbonyl (C=O) groups is 1. The van der Waals surface area contributed by atoms with E-state index < -0.39 is 0 Å². The van der Waals surface area contributed by atoms with Gasteiger partial charge in [0.05, 0.1) is 10.9 Å². The van der Waals surface area contributed by atoms with Crippen LogP contribution in [0, 0.1) is 6.92 Å². The molecule has 2 bridgehead atoms. The van der Waals surface area contributed by atoms with E-state index in [1.807, 2.05) is 25.1 Å². The molecule has 0 spiro atoms. The SMILES string of the molecule is CCCn1nc(C(=O)NC2C[C@H]3CC[C@@H](C2)N3C)c(=O)c2c(C)cccc21.Cl. The first kappa shape index (κ1) is 20.8. The van der Waals surface area contributed by atoms with Crippen LogP contribution >= 0.6 is 12.4 Å². The average molecular weight is 405 g/mol. The molecule has 1 aromatic carbocycles. The van der Waals surface area contributed by atoms with E-state index in [2.05, 4.69) is 29.3 Å². The average Bonchev–Trinajstić information content (AvgIpc) is 2.85. The van der Waals surface area contributed by atoms with Gasteiger partial charge in [-0.3, -0.25) is 14.3 Å². The number of hydrogen-bond acceptors (Lipinski definition) is 4. The summed E-state index contributed by atoms with van der Waals surface area (Å²) in [6, 6.07) is 6.95. The van der Waals surface area contributed by atoms with Gasteiger partial charge in [-0.15, -0.1) is 12.4 Å². The van der Waals surface area contributed by atoms with Crippen LogP contribution in [0.25, 0.3) is 10.9 Å². The lowest BCUT2D eigenvalue weighted by atomic mass is 9.98. The number of fused-ring (bicyclic) bond motifs is 3. The van der Waals surface area contributed by atoms with Gasteiger partial charge in [0, 0.05) is 24.7 Å². The molecule has 3 atom stereocenters. The number of rotatable bonds is 4. The molecule has 3 heterocycles. The number of benzene rings is 1. The topological polar surface area (TPSA) is 67.2 Å². The summed E-state index contributed by atoms with van der Waals surface area (Å²) in [4.78, 5) is 28.4. The molecule has 7 heteroatoms. The van der Waals surface area contributed by atoms with Gasteiger partial charge >= 0.3 is 0 Å². The number of nitrogens with zero attached hydrogens (tertiary/aromatic N) is 3. The lowest BCUT2D eigenvalue weighted by Crippen LogP contribution is -2.49. The van der Waals surface area contributed by atoms with Crippen molar-refractivity contribution in [3.05, 3.63) is 39.7 Å². The normalized spacial score (nSPS) is 24.2.